The Kier molecular flexibility index (Phi) is 6.58. The molecule has 1 aromatic rings. The summed E-state index contributed by atoms with van der Waals surface area (Å²) in [4.78, 5) is 10.7. The van der Waals surface area contributed by atoms with E-state index in [4.69, 9.17) is 0 Å². The SMILES string of the molecule is CC(=O)c1ccc(C(F)(F)F)cc1F.CCCC. The zero-order chi connectivity index (χ0) is 14.3. The Morgan fingerprint density at radius 3 is 1.94 bits per heavy atom. The molecule has 1 nitrogen and oxygen atoms in total. The summed E-state index contributed by atoms with van der Waals surface area (Å²) in [5.41, 5.74) is -1.43. The number of carbonyl (C=O) groups is 1. The number of carbonyl (C=O) groups excluding carboxylic acids is 1. The maximum Gasteiger partial charge on any atom is 0.416 e. The van der Waals surface area contributed by atoms with E-state index in [0.717, 1.165) is 13.0 Å². The molecule has 102 valence electrons. The molecular formula is C13H16F4O. The van der Waals surface area contributed by atoms with Crippen LogP contribution in [0.15, 0.2) is 18.2 Å². The molecule has 1 rings (SSSR count). The lowest BCUT2D eigenvalue weighted by molar-refractivity contribution is -0.137. The predicted molar refractivity (Wildman–Crippen MR) is 62.0 cm³/mol. The van der Waals surface area contributed by atoms with E-state index in [2.05, 4.69) is 13.8 Å². The molecule has 0 radical (unpaired) electrons. The van der Waals surface area contributed by atoms with Crippen molar-refractivity contribution in [2.45, 2.75) is 39.8 Å². The maximum absolute atomic E-state index is 12.9. The summed E-state index contributed by atoms with van der Waals surface area (Å²) >= 11 is 0. The first-order valence-electron chi connectivity index (χ1n) is 5.61. The third kappa shape index (κ3) is 5.29. The molecule has 0 N–H and O–H groups in total. The van der Waals surface area contributed by atoms with E-state index in [-0.39, 0.29) is 5.56 Å². The number of Topliss-reactive ketones (excluding diaryl/α,β-unsaturated/α-hetero) is 1. The monoisotopic (exact) mass is 264 g/mol. The highest BCUT2D eigenvalue weighted by molar-refractivity contribution is 5.94. The van der Waals surface area contributed by atoms with Gasteiger partial charge in [-0.25, -0.2) is 4.39 Å². The van der Waals surface area contributed by atoms with Crippen LogP contribution in [-0.2, 0) is 6.18 Å². The molecule has 1 aromatic carbocycles. The highest BCUT2D eigenvalue weighted by Crippen LogP contribution is 2.30. The number of hydrogen-bond acceptors (Lipinski definition) is 1. The average molecular weight is 264 g/mol. The van der Waals surface area contributed by atoms with Crippen LogP contribution in [-0.4, -0.2) is 5.78 Å². The van der Waals surface area contributed by atoms with Gasteiger partial charge >= 0.3 is 6.18 Å². The molecular weight excluding hydrogens is 248 g/mol. The molecule has 0 aliphatic heterocycles. The van der Waals surface area contributed by atoms with Gasteiger partial charge in [-0.05, 0) is 25.1 Å². The Hall–Kier alpha value is -1.39. The molecule has 0 aliphatic carbocycles. The van der Waals surface area contributed by atoms with Crippen molar-refractivity contribution < 1.29 is 22.4 Å². The first-order valence-corrected chi connectivity index (χ1v) is 5.61. The molecule has 0 amide bonds. The summed E-state index contributed by atoms with van der Waals surface area (Å²) in [7, 11) is 0. The second-order valence-electron chi connectivity index (χ2n) is 3.75. The van der Waals surface area contributed by atoms with E-state index in [1.165, 1.54) is 12.8 Å². The Balaban J connectivity index is 0.000000631. The zero-order valence-electron chi connectivity index (χ0n) is 10.6. The van der Waals surface area contributed by atoms with Gasteiger partial charge in [-0.2, -0.15) is 13.2 Å². The largest absolute Gasteiger partial charge is 0.416 e. The second-order valence-corrected chi connectivity index (χ2v) is 3.75. The fraction of sp³-hybridized carbons (Fsp3) is 0.462. The van der Waals surface area contributed by atoms with E-state index < -0.39 is 23.3 Å². The molecule has 0 aliphatic rings. The van der Waals surface area contributed by atoms with Gasteiger partial charge in [0, 0.05) is 0 Å². The average Bonchev–Trinajstić information content (AvgIpc) is 2.27. The van der Waals surface area contributed by atoms with Crippen LogP contribution in [0.25, 0.3) is 0 Å². The number of hydrogen-bond donors (Lipinski definition) is 0. The van der Waals surface area contributed by atoms with Crippen molar-refractivity contribution in [2.75, 3.05) is 0 Å². The summed E-state index contributed by atoms with van der Waals surface area (Å²) in [6, 6.07) is 1.83. The van der Waals surface area contributed by atoms with Gasteiger partial charge in [-0.15, -0.1) is 0 Å². The molecule has 5 heteroatoms. The summed E-state index contributed by atoms with van der Waals surface area (Å²) < 4.78 is 49.1. The first kappa shape index (κ1) is 16.6. The molecule has 0 heterocycles. The minimum absolute atomic E-state index is 0.316. The fourth-order valence-corrected chi connectivity index (χ4v) is 0.977. The molecule has 0 spiro atoms. The molecule has 0 saturated heterocycles. The van der Waals surface area contributed by atoms with Gasteiger partial charge in [0.05, 0.1) is 11.1 Å². The molecule has 0 unspecified atom stereocenters. The Morgan fingerprint density at radius 1 is 1.17 bits per heavy atom. The van der Waals surface area contributed by atoms with E-state index in [9.17, 15) is 22.4 Å². The number of alkyl halides is 3. The molecule has 0 fully saturated rings. The zero-order valence-corrected chi connectivity index (χ0v) is 10.6. The van der Waals surface area contributed by atoms with Crippen LogP contribution in [0.3, 0.4) is 0 Å². The third-order valence-electron chi connectivity index (χ3n) is 2.18. The highest BCUT2D eigenvalue weighted by atomic mass is 19.4. The lowest BCUT2D eigenvalue weighted by Crippen LogP contribution is -2.07. The summed E-state index contributed by atoms with van der Waals surface area (Å²) in [5.74, 6) is -1.75. The van der Waals surface area contributed by atoms with Crippen LogP contribution >= 0.6 is 0 Å². The van der Waals surface area contributed by atoms with Gasteiger partial charge in [0.2, 0.25) is 0 Å². The molecule has 0 atom stereocenters. The number of unbranched alkanes of at least 4 members (excludes halogenated alkanes) is 1. The van der Waals surface area contributed by atoms with Gasteiger partial charge in [0.1, 0.15) is 5.82 Å². The number of ketones is 1. The van der Waals surface area contributed by atoms with E-state index in [0.29, 0.717) is 12.1 Å². The lowest BCUT2D eigenvalue weighted by atomic mass is 10.1. The van der Waals surface area contributed by atoms with Gasteiger partial charge < -0.3 is 0 Å². The number of benzene rings is 1. The normalized spacial score (nSPS) is 10.6. The maximum atomic E-state index is 12.9. The molecule has 18 heavy (non-hydrogen) atoms. The third-order valence-corrected chi connectivity index (χ3v) is 2.18. The minimum Gasteiger partial charge on any atom is -0.294 e. The molecule has 0 bridgehead atoms. The highest BCUT2D eigenvalue weighted by Gasteiger charge is 2.31. The van der Waals surface area contributed by atoms with E-state index in [1.807, 2.05) is 0 Å². The quantitative estimate of drug-likeness (QED) is 0.551. The van der Waals surface area contributed by atoms with Crippen LogP contribution < -0.4 is 0 Å². The summed E-state index contributed by atoms with van der Waals surface area (Å²) in [6.45, 7) is 5.45. The van der Waals surface area contributed by atoms with Gasteiger partial charge in [-0.1, -0.05) is 26.7 Å². The van der Waals surface area contributed by atoms with Crippen LogP contribution in [0.5, 0.6) is 0 Å². The Morgan fingerprint density at radius 2 is 1.67 bits per heavy atom. The van der Waals surface area contributed by atoms with Crippen molar-refractivity contribution in [2.24, 2.45) is 0 Å². The van der Waals surface area contributed by atoms with Gasteiger partial charge in [0.25, 0.3) is 0 Å². The van der Waals surface area contributed by atoms with Crippen molar-refractivity contribution in [3.8, 4) is 0 Å². The second kappa shape index (κ2) is 7.13. The fourth-order valence-electron chi connectivity index (χ4n) is 0.977. The van der Waals surface area contributed by atoms with Crippen LogP contribution in [0.2, 0.25) is 0 Å². The minimum atomic E-state index is -4.59. The lowest BCUT2D eigenvalue weighted by Gasteiger charge is -2.07. The molecule has 0 aromatic heterocycles. The Labute approximate surface area is 104 Å². The van der Waals surface area contributed by atoms with E-state index >= 15 is 0 Å². The summed E-state index contributed by atoms with van der Waals surface area (Å²) in [5, 5.41) is 0. The number of rotatable bonds is 2. The van der Waals surface area contributed by atoms with E-state index in [1.54, 1.807) is 0 Å². The van der Waals surface area contributed by atoms with Gasteiger partial charge in [0.15, 0.2) is 5.78 Å². The van der Waals surface area contributed by atoms with Crippen molar-refractivity contribution >= 4 is 5.78 Å². The topological polar surface area (TPSA) is 17.1 Å². The Bertz CT molecular complexity index is 394. The first-order chi connectivity index (χ1) is 8.23. The molecule has 0 saturated carbocycles. The van der Waals surface area contributed by atoms with Crippen molar-refractivity contribution in [3.63, 3.8) is 0 Å². The van der Waals surface area contributed by atoms with Crippen LogP contribution in [0.4, 0.5) is 17.6 Å². The van der Waals surface area contributed by atoms with Crippen LogP contribution in [0.1, 0.15) is 49.5 Å². The smallest absolute Gasteiger partial charge is 0.294 e. The van der Waals surface area contributed by atoms with Gasteiger partial charge in [-0.3, -0.25) is 4.79 Å². The summed E-state index contributed by atoms with van der Waals surface area (Å²) in [6.07, 6.45) is -1.95. The standard InChI is InChI=1S/C9H6F4O.C4H10/c1-5(14)7-3-2-6(4-8(7)10)9(11,12)13;1-3-4-2/h2-4H,1H3;3-4H2,1-2H3. The van der Waals surface area contributed by atoms with Crippen molar-refractivity contribution in [1.82, 2.24) is 0 Å². The predicted octanol–water partition coefficient (Wildman–Crippen LogP) is 4.85. The van der Waals surface area contributed by atoms with Crippen molar-refractivity contribution in [1.29, 1.82) is 0 Å². The number of halogens is 4. The van der Waals surface area contributed by atoms with Crippen LogP contribution in [0, 0.1) is 5.82 Å². The van der Waals surface area contributed by atoms with Crippen molar-refractivity contribution in [3.05, 3.63) is 35.1 Å².